The molecule has 0 radical (unpaired) electrons. The van der Waals surface area contributed by atoms with Gasteiger partial charge in [0.2, 0.25) is 6.79 Å². The average Bonchev–Trinajstić information content (AvgIpc) is 3.26. The molecule has 30 heavy (non-hydrogen) atoms. The Labute approximate surface area is 178 Å². The molecule has 2 aromatic carbocycles. The van der Waals surface area contributed by atoms with Crippen LogP contribution in [0.5, 0.6) is 11.5 Å². The first-order valence-electron chi connectivity index (χ1n) is 11.0. The third-order valence-corrected chi connectivity index (χ3v) is 5.86. The lowest BCUT2D eigenvalue weighted by molar-refractivity contribution is 0.173. The predicted molar refractivity (Wildman–Crippen MR) is 122 cm³/mol. The maximum absolute atomic E-state index is 5.56. The van der Waals surface area contributed by atoms with Crippen molar-refractivity contribution in [3.8, 4) is 11.5 Å². The van der Waals surface area contributed by atoms with Crippen molar-refractivity contribution < 1.29 is 9.47 Å². The van der Waals surface area contributed by atoms with Crippen LogP contribution in [0.25, 0.3) is 10.9 Å². The Morgan fingerprint density at radius 3 is 2.80 bits per heavy atom. The number of anilines is 1. The quantitative estimate of drug-likeness (QED) is 0.439. The maximum Gasteiger partial charge on any atom is 0.231 e. The highest BCUT2D eigenvalue weighted by atomic mass is 16.7. The highest BCUT2D eigenvalue weighted by Crippen LogP contribution is 2.35. The van der Waals surface area contributed by atoms with Gasteiger partial charge in [-0.15, -0.1) is 0 Å². The smallest absolute Gasteiger partial charge is 0.231 e. The minimum atomic E-state index is 0.315. The first-order chi connectivity index (χ1) is 14.8. The maximum atomic E-state index is 5.56. The van der Waals surface area contributed by atoms with Gasteiger partial charge in [0.25, 0.3) is 0 Å². The van der Waals surface area contributed by atoms with Crippen molar-refractivity contribution in [3.05, 3.63) is 59.8 Å². The normalized spacial score (nSPS) is 12.6. The first-order valence-corrected chi connectivity index (χ1v) is 11.0. The van der Waals surface area contributed by atoms with E-state index in [1.165, 1.54) is 10.9 Å². The average molecular weight is 406 g/mol. The summed E-state index contributed by atoms with van der Waals surface area (Å²) in [6.07, 6.45) is 5.26. The van der Waals surface area contributed by atoms with E-state index < -0.39 is 0 Å². The molecule has 0 atom stereocenters. The number of ether oxygens (including phenoxy) is 2. The molecule has 1 aromatic heterocycles. The third kappa shape index (κ3) is 4.51. The molecule has 5 nitrogen and oxygen atoms in total. The number of rotatable bonds is 10. The number of nitrogens with one attached hydrogen (secondary N) is 2. The van der Waals surface area contributed by atoms with E-state index in [2.05, 4.69) is 59.8 Å². The summed E-state index contributed by atoms with van der Waals surface area (Å²) in [4.78, 5) is 4.60. The molecule has 0 saturated carbocycles. The molecule has 0 saturated heterocycles. The largest absolute Gasteiger partial charge is 0.454 e. The molecule has 2 heterocycles. The van der Waals surface area contributed by atoms with E-state index in [0.29, 0.717) is 12.7 Å². The van der Waals surface area contributed by atoms with Gasteiger partial charge in [-0.2, -0.15) is 0 Å². The van der Waals surface area contributed by atoms with E-state index >= 15 is 0 Å². The Morgan fingerprint density at radius 2 is 1.93 bits per heavy atom. The van der Waals surface area contributed by atoms with E-state index in [4.69, 9.17) is 9.47 Å². The molecule has 1 aliphatic rings. The van der Waals surface area contributed by atoms with Gasteiger partial charge in [-0.1, -0.05) is 38.1 Å². The van der Waals surface area contributed by atoms with Crippen molar-refractivity contribution in [3.63, 3.8) is 0 Å². The topological polar surface area (TPSA) is 55.4 Å². The van der Waals surface area contributed by atoms with Gasteiger partial charge in [0.1, 0.15) is 0 Å². The Balaban J connectivity index is 1.28. The van der Waals surface area contributed by atoms with Crippen LogP contribution in [0, 0.1) is 0 Å². The number of benzene rings is 2. The first kappa shape index (κ1) is 20.5. The molecule has 0 fully saturated rings. The van der Waals surface area contributed by atoms with Crippen LogP contribution < -0.4 is 20.1 Å². The predicted octanol–water partition coefficient (Wildman–Crippen LogP) is 5.46. The van der Waals surface area contributed by atoms with Crippen LogP contribution in [0.2, 0.25) is 0 Å². The fourth-order valence-electron chi connectivity index (χ4n) is 4.12. The van der Waals surface area contributed by atoms with Crippen molar-refractivity contribution in [2.24, 2.45) is 0 Å². The fourth-order valence-corrected chi connectivity index (χ4v) is 4.12. The lowest BCUT2D eigenvalue weighted by Crippen LogP contribution is -2.18. The van der Waals surface area contributed by atoms with Crippen molar-refractivity contribution in [1.29, 1.82) is 0 Å². The van der Waals surface area contributed by atoms with Crippen molar-refractivity contribution in [2.45, 2.75) is 45.6 Å². The molecule has 158 valence electrons. The van der Waals surface area contributed by atoms with Crippen molar-refractivity contribution in [2.75, 3.05) is 25.2 Å². The zero-order valence-corrected chi connectivity index (χ0v) is 17.9. The summed E-state index contributed by atoms with van der Waals surface area (Å²) in [6, 6.07) is 14.8. The van der Waals surface area contributed by atoms with Gasteiger partial charge in [-0.05, 0) is 55.5 Å². The minimum absolute atomic E-state index is 0.315. The second kappa shape index (κ2) is 9.81. The molecular weight excluding hydrogens is 374 g/mol. The monoisotopic (exact) mass is 405 g/mol. The van der Waals surface area contributed by atoms with E-state index in [1.54, 1.807) is 0 Å². The summed E-state index contributed by atoms with van der Waals surface area (Å²) >= 11 is 0. The van der Waals surface area contributed by atoms with Gasteiger partial charge >= 0.3 is 0 Å². The highest BCUT2D eigenvalue weighted by Gasteiger charge is 2.16. The number of fused-ring (bicyclic) bond motifs is 2. The van der Waals surface area contributed by atoms with Crippen molar-refractivity contribution in [1.82, 2.24) is 10.3 Å². The van der Waals surface area contributed by atoms with E-state index in [1.807, 2.05) is 18.3 Å². The van der Waals surface area contributed by atoms with Crippen molar-refractivity contribution >= 4 is 16.6 Å². The van der Waals surface area contributed by atoms with Crippen LogP contribution in [0.4, 0.5) is 5.69 Å². The summed E-state index contributed by atoms with van der Waals surface area (Å²) in [7, 11) is 0. The molecule has 4 rings (SSSR count). The molecular formula is C25H31N3O2. The van der Waals surface area contributed by atoms with Gasteiger partial charge in [0, 0.05) is 35.9 Å². The number of aromatic nitrogens is 1. The lowest BCUT2D eigenvalue weighted by Gasteiger charge is -2.15. The van der Waals surface area contributed by atoms with E-state index in [0.717, 1.165) is 67.2 Å². The lowest BCUT2D eigenvalue weighted by atomic mass is 9.93. The Bertz CT molecular complexity index is 985. The molecule has 0 bridgehead atoms. The highest BCUT2D eigenvalue weighted by molar-refractivity contribution is 5.91. The van der Waals surface area contributed by atoms with Crippen LogP contribution >= 0.6 is 0 Å². The fraction of sp³-hybridized carbons (Fsp3) is 0.400. The summed E-state index contributed by atoms with van der Waals surface area (Å²) in [5.41, 5.74) is 4.76. The van der Waals surface area contributed by atoms with Gasteiger partial charge in [0.15, 0.2) is 11.5 Å². The standard InChI is InChI=1S/C25H31N3O2/c1-3-18(4-2)19-9-10-21-22(11-14-28-23(21)15-19)27-13-6-12-26-16-20-7-5-8-24-25(20)30-17-29-24/h5,7-11,14-15,18,26H,3-4,6,12-13,16-17H2,1-2H3,(H,27,28). The minimum Gasteiger partial charge on any atom is -0.454 e. The molecule has 0 amide bonds. The summed E-state index contributed by atoms with van der Waals surface area (Å²) in [6.45, 7) is 7.44. The Kier molecular flexibility index (Phi) is 6.70. The van der Waals surface area contributed by atoms with Crippen LogP contribution in [0.15, 0.2) is 48.7 Å². The number of pyridine rings is 1. The molecule has 1 aliphatic heterocycles. The van der Waals surface area contributed by atoms with Crippen LogP contribution in [-0.4, -0.2) is 24.9 Å². The van der Waals surface area contributed by atoms with Gasteiger partial charge in [-0.25, -0.2) is 0 Å². The Hall–Kier alpha value is -2.79. The zero-order valence-electron chi connectivity index (χ0n) is 17.9. The number of para-hydroxylation sites is 1. The SMILES string of the molecule is CCC(CC)c1ccc2c(NCCCNCc3cccc4c3OCO4)ccnc2c1. The van der Waals surface area contributed by atoms with Gasteiger partial charge in [0.05, 0.1) is 5.52 Å². The second-order valence-electron chi connectivity index (χ2n) is 7.76. The molecule has 2 N–H and O–H groups in total. The molecule has 0 spiro atoms. The summed E-state index contributed by atoms with van der Waals surface area (Å²) < 4.78 is 11.0. The molecule has 0 aliphatic carbocycles. The molecule has 3 aromatic rings. The summed E-state index contributed by atoms with van der Waals surface area (Å²) in [5, 5.41) is 8.27. The van der Waals surface area contributed by atoms with Crippen LogP contribution in [0.1, 0.15) is 50.2 Å². The van der Waals surface area contributed by atoms with E-state index in [-0.39, 0.29) is 0 Å². The molecule has 0 unspecified atom stereocenters. The van der Waals surface area contributed by atoms with Gasteiger partial charge < -0.3 is 20.1 Å². The second-order valence-corrected chi connectivity index (χ2v) is 7.76. The van der Waals surface area contributed by atoms with Crippen LogP contribution in [0.3, 0.4) is 0 Å². The van der Waals surface area contributed by atoms with Crippen LogP contribution in [-0.2, 0) is 6.54 Å². The number of hydrogen-bond acceptors (Lipinski definition) is 5. The third-order valence-electron chi connectivity index (χ3n) is 5.86. The van der Waals surface area contributed by atoms with E-state index in [9.17, 15) is 0 Å². The summed E-state index contributed by atoms with van der Waals surface area (Å²) in [5.74, 6) is 2.33. The van der Waals surface area contributed by atoms with Gasteiger partial charge in [-0.3, -0.25) is 4.98 Å². The molecule has 5 heteroatoms. The number of nitrogens with zero attached hydrogens (tertiary/aromatic N) is 1. The Morgan fingerprint density at radius 1 is 1.03 bits per heavy atom. The zero-order chi connectivity index (χ0) is 20.8. The number of hydrogen-bond donors (Lipinski definition) is 2.